The van der Waals surface area contributed by atoms with Crippen LogP contribution >= 0.6 is 0 Å². The van der Waals surface area contributed by atoms with E-state index in [0.29, 0.717) is 12.3 Å². The zero-order valence-corrected chi connectivity index (χ0v) is 12.8. The number of nitrogens with one attached hydrogen (secondary N) is 1. The Morgan fingerprint density at radius 2 is 2.05 bits per heavy atom. The largest absolute Gasteiger partial charge is 0.385 e. The molecule has 0 aromatic carbocycles. The molecule has 0 aromatic heterocycles. The molecule has 2 atom stereocenters. The van der Waals surface area contributed by atoms with Gasteiger partial charge < -0.3 is 15.8 Å². The van der Waals surface area contributed by atoms with Gasteiger partial charge in [0.1, 0.15) is 0 Å². The van der Waals surface area contributed by atoms with Gasteiger partial charge in [0.15, 0.2) is 0 Å². The number of carbonyl (C=O) groups is 1. The van der Waals surface area contributed by atoms with E-state index < -0.39 is 0 Å². The lowest BCUT2D eigenvalue weighted by Crippen LogP contribution is -2.38. The van der Waals surface area contributed by atoms with Crippen molar-refractivity contribution in [3.63, 3.8) is 0 Å². The maximum atomic E-state index is 12.1. The summed E-state index contributed by atoms with van der Waals surface area (Å²) in [5, 5.41) is 3.17. The van der Waals surface area contributed by atoms with Crippen LogP contribution in [-0.4, -0.2) is 32.2 Å². The molecule has 2 aliphatic rings. The van der Waals surface area contributed by atoms with Crippen molar-refractivity contribution in [3.05, 3.63) is 0 Å². The topological polar surface area (TPSA) is 64.3 Å². The number of carbonyl (C=O) groups excluding carboxylic acids is 1. The van der Waals surface area contributed by atoms with Gasteiger partial charge in [0.2, 0.25) is 5.91 Å². The fraction of sp³-hybridized carbons (Fsp3) is 0.938. The Morgan fingerprint density at radius 1 is 1.30 bits per heavy atom. The van der Waals surface area contributed by atoms with E-state index in [1.807, 2.05) is 0 Å². The van der Waals surface area contributed by atoms with Gasteiger partial charge in [-0.1, -0.05) is 19.3 Å². The number of nitrogens with two attached hydrogens (primary N) is 1. The second kappa shape index (κ2) is 7.41. The molecule has 2 aliphatic carbocycles. The molecule has 20 heavy (non-hydrogen) atoms. The first-order chi connectivity index (χ1) is 9.65. The van der Waals surface area contributed by atoms with Crippen LogP contribution < -0.4 is 11.1 Å². The van der Waals surface area contributed by atoms with Crippen molar-refractivity contribution >= 4 is 5.91 Å². The molecule has 0 radical (unpaired) electrons. The second-order valence-electron chi connectivity index (χ2n) is 6.79. The summed E-state index contributed by atoms with van der Waals surface area (Å²) in [4.78, 5) is 12.1. The Hall–Kier alpha value is -0.610. The second-order valence-corrected chi connectivity index (χ2v) is 6.79. The summed E-state index contributed by atoms with van der Waals surface area (Å²) in [5.74, 6) is 0.588. The average molecular weight is 282 g/mol. The molecule has 0 bridgehead atoms. The van der Waals surface area contributed by atoms with Gasteiger partial charge in [0, 0.05) is 32.7 Å². The predicted octanol–water partition coefficient (Wildman–Crippen LogP) is 2.22. The molecule has 0 saturated heterocycles. The zero-order chi connectivity index (χ0) is 14.4. The van der Waals surface area contributed by atoms with Crippen LogP contribution in [0.1, 0.15) is 57.8 Å². The van der Waals surface area contributed by atoms with Crippen LogP contribution in [0.4, 0.5) is 0 Å². The molecular formula is C16H30N2O2. The molecule has 0 aromatic rings. The van der Waals surface area contributed by atoms with E-state index in [0.717, 1.165) is 32.4 Å². The van der Waals surface area contributed by atoms with Crippen LogP contribution in [0.3, 0.4) is 0 Å². The van der Waals surface area contributed by atoms with Gasteiger partial charge in [-0.2, -0.15) is 0 Å². The lowest BCUT2D eigenvalue weighted by Gasteiger charge is -2.29. The lowest BCUT2D eigenvalue weighted by atomic mass is 9.83. The first kappa shape index (κ1) is 15.8. The van der Waals surface area contributed by atoms with Crippen LogP contribution in [0.15, 0.2) is 0 Å². The Labute approximate surface area is 122 Å². The Morgan fingerprint density at radius 3 is 2.65 bits per heavy atom. The van der Waals surface area contributed by atoms with Crippen LogP contribution in [0.2, 0.25) is 0 Å². The summed E-state index contributed by atoms with van der Waals surface area (Å²) < 4.78 is 5.23. The maximum Gasteiger partial charge on any atom is 0.220 e. The lowest BCUT2D eigenvalue weighted by molar-refractivity contribution is -0.122. The van der Waals surface area contributed by atoms with Crippen molar-refractivity contribution in [3.8, 4) is 0 Å². The molecule has 4 heteroatoms. The van der Waals surface area contributed by atoms with Crippen LogP contribution in [0.25, 0.3) is 0 Å². The van der Waals surface area contributed by atoms with Gasteiger partial charge in [0.05, 0.1) is 0 Å². The summed E-state index contributed by atoms with van der Waals surface area (Å²) in [5.41, 5.74) is 6.32. The average Bonchev–Trinajstić information content (AvgIpc) is 3.05. The number of amides is 1. The third-order valence-corrected chi connectivity index (χ3v) is 5.33. The smallest absolute Gasteiger partial charge is 0.220 e. The minimum absolute atomic E-state index is 0.191. The number of methoxy groups -OCH3 is 1. The molecule has 0 spiro atoms. The maximum absolute atomic E-state index is 12.1. The highest BCUT2D eigenvalue weighted by Gasteiger charge is 2.34. The number of hydrogen-bond donors (Lipinski definition) is 2. The molecule has 2 fully saturated rings. The fourth-order valence-electron chi connectivity index (χ4n) is 3.87. The molecule has 4 nitrogen and oxygen atoms in total. The van der Waals surface area contributed by atoms with Crippen molar-refractivity contribution in [2.24, 2.45) is 17.1 Å². The van der Waals surface area contributed by atoms with Gasteiger partial charge in [0.25, 0.3) is 0 Å². The van der Waals surface area contributed by atoms with Crippen molar-refractivity contribution in [1.82, 2.24) is 5.32 Å². The first-order valence-corrected chi connectivity index (χ1v) is 8.16. The van der Waals surface area contributed by atoms with Crippen molar-refractivity contribution in [1.29, 1.82) is 0 Å². The summed E-state index contributed by atoms with van der Waals surface area (Å²) >= 11 is 0. The van der Waals surface area contributed by atoms with Gasteiger partial charge >= 0.3 is 0 Å². The van der Waals surface area contributed by atoms with Gasteiger partial charge in [-0.15, -0.1) is 0 Å². The van der Waals surface area contributed by atoms with E-state index in [9.17, 15) is 4.79 Å². The fourth-order valence-corrected chi connectivity index (χ4v) is 3.87. The normalized spacial score (nSPS) is 28.7. The van der Waals surface area contributed by atoms with E-state index in [1.54, 1.807) is 7.11 Å². The van der Waals surface area contributed by atoms with Crippen molar-refractivity contribution in [2.45, 2.75) is 63.8 Å². The van der Waals surface area contributed by atoms with E-state index in [-0.39, 0.29) is 17.4 Å². The van der Waals surface area contributed by atoms with E-state index >= 15 is 0 Å². The molecule has 2 rings (SSSR count). The van der Waals surface area contributed by atoms with E-state index in [1.165, 1.54) is 32.1 Å². The van der Waals surface area contributed by atoms with E-state index in [4.69, 9.17) is 10.5 Å². The highest BCUT2D eigenvalue weighted by atomic mass is 16.5. The van der Waals surface area contributed by atoms with Gasteiger partial charge in [-0.3, -0.25) is 4.79 Å². The number of ether oxygens (including phenoxy) is 1. The standard InChI is InChI=1S/C16H30N2O2/c1-20-10-9-16(7-2-3-8-16)12-18-15(19)11-13-5-4-6-14(13)17/h13-14H,2-12,17H2,1H3,(H,18,19)/t13-,14+/m0/s1. The van der Waals surface area contributed by atoms with Crippen molar-refractivity contribution < 1.29 is 9.53 Å². The molecule has 116 valence electrons. The third kappa shape index (κ3) is 4.19. The quantitative estimate of drug-likeness (QED) is 0.752. The molecule has 0 heterocycles. The van der Waals surface area contributed by atoms with E-state index in [2.05, 4.69) is 5.32 Å². The minimum Gasteiger partial charge on any atom is -0.385 e. The Balaban J connectivity index is 1.75. The molecule has 3 N–H and O–H groups in total. The minimum atomic E-state index is 0.191. The Bertz CT molecular complexity index is 314. The highest BCUT2D eigenvalue weighted by Crippen LogP contribution is 2.40. The van der Waals surface area contributed by atoms with Crippen LogP contribution in [0, 0.1) is 11.3 Å². The highest BCUT2D eigenvalue weighted by molar-refractivity contribution is 5.76. The molecular weight excluding hydrogens is 252 g/mol. The molecule has 1 amide bonds. The third-order valence-electron chi connectivity index (χ3n) is 5.33. The molecule has 0 unspecified atom stereocenters. The van der Waals surface area contributed by atoms with Gasteiger partial charge in [-0.05, 0) is 43.4 Å². The molecule has 2 saturated carbocycles. The number of hydrogen-bond acceptors (Lipinski definition) is 3. The van der Waals surface area contributed by atoms with Crippen molar-refractivity contribution in [2.75, 3.05) is 20.3 Å². The zero-order valence-electron chi connectivity index (χ0n) is 12.8. The SMILES string of the molecule is COCCC1(CNC(=O)C[C@@H]2CCC[C@H]2N)CCCC1. The predicted molar refractivity (Wildman–Crippen MR) is 80.3 cm³/mol. The summed E-state index contributed by atoms with van der Waals surface area (Å²) in [6.45, 7) is 1.61. The Kier molecular flexibility index (Phi) is 5.85. The van der Waals surface area contributed by atoms with Crippen LogP contribution in [0.5, 0.6) is 0 Å². The summed E-state index contributed by atoms with van der Waals surface area (Å²) in [6.07, 6.45) is 10.1. The van der Waals surface area contributed by atoms with Crippen LogP contribution in [-0.2, 0) is 9.53 Å². The number of rotatable bonds is 7. The molecule has 0 aliphatic heterocycles. The van der Waals surface area contributed by atoms with Gasteiger partial charge in [-0.25, -0.2) is 0 Å². The summed E-state index contributed by atoms with van der Waals surface area (Å²) in [7, 11) is 1.75. The summed E-state index contributed by atoms with van der Waals surface area (Å²) in [6, 6.07) is 0.231. The monoisotopic (exact) mass is 282 g/mol. The first-order valence-electron chi connectivity index (χ1n) is 8.16.